The number of amides is 1. The van der Waals surface area contributed by atoms with Crippen LogP contribution in [0, 0.1) is 10.1 Å². The number of nitrogens with zero attached hydrogens (tertiary/aromatic N) is 1. The van der Waals surface area contributed by atoms with Crippen LogP contribution in [0.15, 0.2) is 18.2 Å². The van der Waals surface area contributed by atoms with Gasteiger partial charge in [0.25, 0.3) is 5.91 Å². The Balaban J connectivity index is 2.79. The molecule has 1 amide bonds. The van der Waals surface area contributed by atoms with Gasteiger partial charge in [-0.05, 0) is 12.1 Å². The highest BCUT2D eigenvalue weighted by Crippen LogP contribution is 2.26. The topological polar surface area (TPSA) is 92.5 Å². The summed E-state index contributed by atoms with van der Waals surface area (Å²) in [7, 11) is 0. The highest BCUT2D eigenvalue weighted by Gasteiger charge is 2.40. The third-order valence-corrected chi connectivity index (χ3v) is 2.24. The number of hydrogen-bond donors (Lipinski definition) is 2. The first-order valence-electron chi connectivity index (χ1n) is 5.06. The zero-order valence-corrected chi connectivity index (χ0v) is 9.65. The summed E-state index contributed by atoms with van der Waals surface area (Å²) in [5.41, 5.74) is -1.06. The molecule has 6 nitrogen and oxygen atoms in total. The summed E-state index contributed by atoms with van der Waals surface area (Å²) >= 11 is 0. The van der Waals surface area contributed by atoms with Crippen molar-refractivity contribution in [3.05, 3.63) is 33.9 Å². The summed E-state index contributed by atoms with van der Waals surface area (Å²) in [6.45, 7) is -1.60. The lowest BCUT2D eigenvalue weighted by atomic mass is 10.1. The Morgan fingerprint density at radius 1 is 1.45 bits per heavy atom. The number of phenolic OH excluding ortho intramolecular Hbond substituents is 1. The number of carbonyl (C=O) groups excluding carboxylic acids is 1. The van der Waals surface area contributed by atoms with Gasteiger partial charge in [0.1, 0.15) is 0 Å². The van der Waals surface area contributed by atoms with Gasteiger partial charge in [0.2, 0.25) is 0 Å². The van der Waals surface area contributed by atoms with Gasteiger partial charge in [-0.2, -0.15) is 8.78 Å². The second-order valence-corrected chi connectivity index (χ2v) is 3.71. The van der Waals surface area contributed by atoms with Crippen molar-refractivity contribution in [1.82, 2.24) is 5.32 Å². The van der Waals surface area contributed by atoms with Gasteiger partial charge in [-0.25, -0.2) is 8.78 Å². The van der Waals surface area contributed by atoms with Gasteiger partial charge in [0.15, 0.2) is 5.75 Å². The molecule has 1 aromatic carbocycles. The predicted molar refractivity (Wildman–Crippen MR) is 58.0 cm³/mol. The molecular formula is C10H8F4N2O4. The number of nitrogens with one attached hydrogen (secondary N) is 1. The molecule has 0 bridgehead atoms. The molecule has 0 atom stereocenters. The highest BCUT2D eigenvalue weighted by atomic mass is 19.3. The zero-order chi connectivity index (χ0) is 15.5. The minimum atomic E-state index is -4.39. The Hall–Kier alpha value is -2.39. The first kappa shape index (κ1) is 15.7. The van der Waals surface area contributed by atoms with E-state index in [0.717, 1.165) is 12.1 Å². The normalized spacial score (nSPS) is 11.4. The number of benzene rings is 1. The maximum atomic E-state index is 12.6. The van der Waals surface area contributed by atoms with Crippen LogP contribution in [-0.2, 0) is 0 Å². The minimum Gasteiger partial charge on any atom is -0.502 e. The summed E-state index contributed by atoms with van der Waals surface area (Å²) in [6, 6.07) is 2.36. The molecule has 0 unspecified atom stereocenters. The molecule has 0 aliphatic carbocycles. The smallest absolute Gasteiger partial charge is 0.324 e. The van der Waals surface area contributed by atoms with Gasteiger partial charge in [0.05, 0.1) is 11.5 Å². The number of phenols is 1. The molecule has 0 saturated carbocycles. The molecule has 0 radical (unpaired) electrons. The van der Waals surface area contributed by atoms with E-state index in [1.807, 2.05) is 0 Å². The average Bonchev–Trinajstić information content (AvgIpc) is 2.35. The fraction of sp³-hybridized carbons (Fsp3) is 0.300. The Bertz CT molecular complexity index is 536. The van der Waals surface area contributed by atoms with E-state index >= 15 is 0 Å². The molecule has 20 heavy (non-hydrogen) atoms. The Morgan fingerprint density at radius 3 is 2.50 bits per heavy atom. The van der Waals surface area contributed by atoms with Gasteiger partial charge >= 0.3 is 18.0 Å². The lowest BCUT2D eigenvalue weighted by molar-refractivity contribution is -0.385. The third-order valence-electron chi connectivity index (χ3n) is 2.24. The van der Waals surface area contributed by atoms with E-state index in [9.17, 15) is 37.6 Å². The number of nitro groups is 1. The molecule has 0 aliphatic heterocycles. The maximum Gasteiger partial charge on any atom is 0.324 e. The summed E-state index contributed by atoms with van der Waals surface area (Å²) in [5.74, 6) is -6.41. The number of rotatable bonds is 5. The van der Waals surface area contributed by atoms with E-state index < -0.39 is 41.2 Å². The summed E-state index contributed by atoms with van der Waals surface area (Å²) in [5, 5.41) is 21.2. The van der Waals surface area contributed by atoms with E-state index in [4.69, 9.17) is 0 Å². The number of hydrogen-bond acceptors (Lipinski definition) is 4. The van der Waals surface area contributed by atoms with E-state index in [-0.39, 0.29) is 5.56 Å². The molecule has 1 rings (SSSR count). The van der Waals surface area contributed by atoms with Crippen molar-refractivity contribution in [2.45, 2.75) is 12.3 Å². The van der Waals surface area contributed by atoms with Crippen molar-refractivity contribution in [2.75, 3.05) is 6.54 Å². The molecule has 0 saturated heterocycles. The van der Waals surface area contributed by atoms with E-state index in [1.165, 1.54) is 0 Å². The van der Waals surface area contributed by atoms with E-state index in [0.29, 0.717) is 6.07 Å². The number of aromatic hydroxyl groups is 1. The van der Waals surface area contributed by atoms with Gasteiger partial charge < -0.3 is 10.4 Å². The fourth-order valence-electron chi connectivity index (χ4n) is 1.20. The van der Waals surface area contributed by atoms with Gasteiger partial charge in [-0.1, -0.05) is 0 Å². The standard InChI is InChI=1S/C10H8F4N2O4/c11-9(12)10(13,14)4-15-8(18)5-1-2-6(16(19)20)7(17)3-5/h1-3,9,17H,4H2,(H,15,18). The number of halogens is 4. The van der Waals surface area contributed by atoms with Crippen LogP contribution in [0.2, 0.25) is 0 Å². The molecule has 110 valence electrons. The van der Waals surface area contributed by atoms with Crippen LogP contribution >= 0.6 is 0 Å². The molecule has 0 heterocycles. The third kappa shape index (κ3) is 3.56. The van der Waals surface area contributed by atoms with E-state index in [1.54, 1.807) is 5.32 Å². The van der Waals surface area contributed by atoms with Crippen LogP contribution in [0.25, 0.3) is 0 Å². The quantitative estimate of drug-likeness (QED) is 0.493. The molecule has 0 aromatic heterocycles. The summed E-state index contributed by atoms with van der Waals surface area (Å²) in [6.07, 6.45) is -3.94. The van der Waals surface area contributed by atoms with E-state index in [2.05, 4.69) is 0 Å². The molecule has 0 aliphatic rings. The first-order valence-corrected chi connectivity index (χ1v) is 5.06. The maximum absolute atomic E-state index is 12.6. The highest BCUT2D eigenvalue weighted by molar-refractivity contribution is 5.95. The molecule has 2 N–H and O–H groups in total. The second kappa shape index (κ2) is 5.72. The fourth-order valence-corrected chi connectivity index (χ4v) is 1.20. The molecule has 1 aromatic rings. The molecule has 0 spiro atoms. The predicted octanol–water partition coefficient (Wildman–Crippen LogP) is 1.93. The van der Waals surface area contributed by atoms with Crippen LogP contribution in [0.4, 0.5) is 23.2 Å². The first-order chi connectivity index (χ1) is 9.15. The Kier molecular flexibility index (Phi) is 4.48. The lowest BCUT2D eigenvalue weighted by Gasteiger charge is -2.15. The number of carbonyl (C=O) groups is 1. The van der Waals surface area contributed by atoms with Crippen molar-refractivity contribution in [1.29, 1.82) is 0 Å². The summed E-state index contributed by atoms with van der Waals surface area (Å²) < 4.78 is 48.8. The Morgan fingerprint density at radius 2 is 2.05 bits per heavy atom. The van der Waals surface area contributed by atoms with Crippen LogP contribution in [-0.4, -0.2) is 34.8 Å². The van der Waals surface area contributed by atoms with Crippen LogP contribution in [0.3, 0.4) is 0 Å². The van der Waals surface area contributed by atoms with Crippen molar-refractivity contribution < 1.29 is 32.4 Å². The minimum absolute atomic E-state index is 0.377. The van der Waals surface area contributed by atoms with Crippen molar-refractivity contribution in [2.24, 2.45) is 0 Å². The van der Waals surface area contributed by atoms with Crippen molar-refractivity contribution >= 4 is 11.6 Å². The summed E-state index contributed by atoms with van der Waals surface area (Å²) in [4.78, 5) is 20.9. The van der Waals surface area contributed by atoms with Crippen LogP contribution in [0.5, 0.6) is 5.75 Å². The van der Waals surface area contributed by atoms with Crippen molar-refractivity contribution in [3.8, 4) is 5.75 Å². The number of alkyl halides is 4. The average molecular weight is 296 g/mol. The van der Waals surface area contributed by atoms with Crippen molar-refractivity contribution in [3.63, 3.8) is 0 Å². The molecular weight excluding hydrogens is 288 g/mol. The molecule has 10 heteroatoms. The number of nitro benzene ring substituents is 1. The van der Waals surface area contributed by atoms with Gasteiger partial charge in [-0.15, -0.1) is 0 Å². The molecule has 0 fully saturated rings. The van der Waals surface area contributed by atoms with Crippen LogP contribution < -0.4 is 5.32 Å². The monoisotopic (exact) mass is 296 g/mol. The largest absolute Gasteiger partial charge is 0.502 e. The van der Waals surface area contributed by atoms with Gasteiger partial charge in [-0.3, -0.25) is 14.9 Å². The SMILES string of the molecule is O=C(NCC(F)(F)C(F)F)c1ccc([N+](=O)[O-])c(O)c1. The lowest BCUT2D eigenvalue weighted by Crippen LogP contribution is -2.41. The second-order valence-electron chi connectivity index (χ2n) is 3.71. The van der Waals surface area contributed by atoms with Gasteiger partial charge in [0, 0.05) is 11.6 Å². The Labute approximate surface area is 109 Å². The van der Waals surface area contributed by atoms with Crippen LogP contribution in [0.1, 0.15) is 10.4 Å². The zero-order valence-electron chi connectivity index (χ0n) is 9.65.